The Bertz CT molecular complexity index is 459. The highest BCUT2D eigenvalue weighted by atomic mass is 32.2. The fourth-order valence-corrected chi connectivity index (χ4v) is 5.27. The zero-order valence-electron chi connectivity index (χ0n) is 12.0. The van der Waals surface area contributed by atoms with E-state index in [1.54, 1.807) is 0 Å². The van der Waals surface area contributed by atoms with Crippen LogP contribution in [0.15, 0.2) is 0 Å². The topological polar surface area (TPSA) is 101 Å². The molecule has 6 nitrogen and oxygen atoms in total. The van der Waals surface area contributed by atoms with E-state index in [0.717, 1.165) is 25.7 Å². The lowest BCUT2D eigenvalue weighted by atomic mass is 9.87. The van der Waals surface area contributed by atoms with Gasteiger partial charge in [0.05, 0.1) is 11.0 Å². The molecule has 0 saturated heterocycles. The van der Waals surface area contributed by atoms with E-state index < -0.39 is 38.8 Å². The molecule has 0 aliphatic heterocycles. The molecule has 3 unspecified atom stereocenters. The van der Waals surface area contributed by atoms with Gasteiger partial charge >= 0.3 is 5.97 Å². The summed E-state index contributed by atoms with van der Waals surface area (Å²) < 4.78 is 24.9. The molecule has 1 rings (SSSR count). The standard InChI is InChI=1S/C13H23NO5S/c1-3-10-6-4-5-7-12(10)20(18,19)8-11(13(16)17)14-9(2)15/h10-12H,3-8H2,1-2H3,(H,14,15)(H,16,17). The fraction of sp³-hybridized carbons (Fsp3) is 0.846. The summed E-state index contributed by atoms with van der Waals surface area (Å²) in [5.41, 5.74) is 0. The SMILES string of the molecule is CCC1CCCCC1S(=O)(=O)CC(NC(C)=O)C(=O)O. The van der Waals surface area contributed by atoms with E-state index in [2.05, 4.69) is 5.32 Å². The van der Waals surface area contributed by atoms with Gasteiger partial charge in [0.2, 0.25) is 5.91 Å². The summed E-state index contributed by atoms with van der Waals surface area (Å²) in [7, 11) is -3.53. The van der Waals surface area contributed by atoms with Crippen molar-refractivity contribution in [1.82, 2.24) is 5.32 Å². The molecule has 1 fully saturated rings. The lowest BCUT2D eigenvalue weighted by molar-refractivity contribution is -0.140. The smallest absolute Gasteiger partial charge is 0.327 e. The highest BCUT2D eigenvalue weighted by Crippen LogP contribution is 2.32. The van der Waals surface area contributed by atoms with Crippen molar-refractivity contribution in [2.75, 3.05) is 5.75 Å². The summed E-state index contributed by atoms with van der Waals surface area (Å²) in [6.07, 6.45) is 4.13. The zero-order valence-corrected chi connectivity index (χ0v) is 12.8. The van der Waals surface area contributed by atoms with Crippen LogP contribution in [0.2, 0.25) is 0 Å². The zero-order chi connectivity index (χ0) is 15.3. The average molecular weight is 305 g/mol. The van der Waals surface area contributed by atoms with Crippen LogP contribution in [-0.2, 0) is 19.4 Å². The molecule has 116 valence electrons. The molecular weight excluding hydrogens is 282 g/mol. The molecule has 0 aromatic carbocycles. The summed E-state index contributed by atoms with van der Waals surface area (Å²) in [5, 5.41) is 10.7. The molecule has 20 heavy (non-hydrogen) atoms. The number of aliphatic carboxylic acids is 1. The van der Waals surface area contributed by atoms with Crippen LogP contribution in [0.25, 0.3) is 0 Å². The second-order valence-corrected chi connectivity index (χ2v) is 7.68. The minimum Gasteiger partial charge on any atom is -0.480 e. The lowest BCUT2D eigenvalue weighted by Gasteiger charge is -2.31. The molecule has 0 aromatic rings. The highest BCUT2D eigenvalue weighted by Gasteiger charge is 2.37. The minimum atomic E-state index is -3.53. The molecule has 0 bridgehead atoms. The van der Waals surface area contributed by atoms with Gasteiger partial charge in [0.25, 0.3) is 0 Å². The van der Waals surface area contributed by atoms with Crippen LogP contribution in [0.5, 0.6) is 0 Å². The van der Waals surface area contributed by atoms with E-state index in [9.17, 15) is 18.0 Å². The lowest BCUT2D eigenvalue weighted by Crippen LogP contribution is -2.47. The van der Waals surface area contributed by atoms with Crippen molar-refractivity contribution in [3.63, 3.8) is 0 Å². The molecule has 1 saturated carbocycles. The first-order valence-corrected chi connectivity index (χ1v) is 8.71. The molecule has 1 aliphatic carbocycles. The molecule has 3 atom stereocenters. The number of carboxylic acids is 1. The average Bonchev–Trinajstić information content (AvgIpc) is 2.37. The fourth-order valence-electron chi connectivity index (χ4n) is 2.89. The maximum Gasteiger partial charge on any atom is 0.327 e. The van der Waals surface area contributed by atoms with Crippen LogP contribution in [0.4, 0.5) is 0 Å². The van der Waals surface area contributed by atoms with Crippen molar-refractivity contribution in [2.45, 2.75) is 57.2 Å². The third kappa shape index (κ3) is 4.47. The van der Waals surface area contributed by atoms with Crippen LogP contribution < -0.4 is 5.32 Å². The second-order valence-electron chi connectivity index (χ2n) is 5.41. The summed E-state index contributed by atoms with van der Waals surface area (Å²) >= 11 is 0. The first-order chi connectivity index (χ1) is 9.27. The van der Waals surface area contributed by atoms with Crippen LogP contribution in [-0.4, -0.2) is 42.4 Å². The Morgan fingerprint density at radius 2 is 1.90 bits per heavy atom. The van der Waals surface area contributed by atoms with Gasteiger partial charge in [-0.25, -0.2) is 13.2 Å². The predicted molar refractivity (Wildman–Crippen MR) is 75.1 cm³/mol. The number of carboxylic acid groups (broad SMARTS) is 1. The maximum atomic E-state index is 12.4. The van der Waals surface area contributed by atoms with Crippen molar-refractivity contribution < 1.29 is 23.1 Å². The monoisotopic (exact) mass is 305 g/mol. The molecule has 1 aliphatic rings. The van der Waals surface area contributed by atoms with Gasteiger partial charge in [0.1, 0.15) is 6.04 Å². The second kappa shape index (κ2) is 7.06. The summed E-state index contributed by atoms with van der Waals surface area (Å²) in [5.74, 6) is -2.28. The summed E-state index contributed by atoms with van der Waals surface area (Å²) in [6.45, 7) is 3.14. The van der Waals surface area contributed by atoms with E-state index in [1.807, 2.05) is 6.92 Å². The predicted octanol–water partition coefficient (Wildman–Crippen LogP) is 0.959. The van der Waals surface area contributed by atoms with Gasteiger partial charge in [-0.15, -0.1) is 0 Å². The van der Waals surface area contributed by atoms with Crippen molar-refractivity contribution >= 4 is 21.7 Å². The van der Waals surface area contributed by atoms with Crippen molar-refractivity contribution in [3.8, 4) is 0 Å². The van der Waals surface area contributed by atoms with E-state index >= 15 is 0 Å². The quantitative estimate of drug-likeness (QED) is 0.761. The van der Waals surface area contributed by atoms with Gasteiger partial charge in [-0.05, 0) is 18.8 Å². The van der Waals surface area contributed by atoms with Gasteiger partial charge in [-0.1, -0.05) is 26.2 Å². The van der Waals surface area contributed by atoms with Gasteiger partial charge in [-0.3, -0.25) is 4.79 Å². The molecular formula is C13H23NO5S. The van der Waals surface area contributed by atoms with Crippen LogP contribution in [0.1, 0.15) is 46.0 Å². The third-order valence-electron chi connectivity index (χ3n) is 3.90. The molecule has 0 radical (unpaired) electrons. The van der Waals surface area contributed by atoms with Crippen LogP contribution in [0.3, 0.4) is 0 Å². The van der Waals surface area contributed by atoms with Gasteiger partial charge in [0.15, 0.2) is 9.84 Å². The molecule has 1 amide bonds. The summed E-state index contributed by atoms with van der Waals surface area (Å²) in [4.78, 5) is 22.0. The van der Waals surface area contributed by atoms with Crippen molar-refractivity contribution in [3.05, 3.63) is 0 Å². The van der Waals surface area contributed by atoms with Crippen molar-refractivity contribution in [2.24, 2.45) is 5.92 Å². The number of rotatable bonds is 6. The van der Waals surface area contributed by atoms with Crippen molar-refractivity contribution in [1.29, 1.82) is 0 Å². The Balaban J connectivity index is 2.85. The van der Waals surface area contributed by atoms with Gasteiger partial charge < -0.3 is 10.4 Å². The largest absolute Gasteiger partial charge is 0.480 e. The number of hydrogen-bond acceptors (Lipinski definition) is 4. The summed E-state index contributed by atoms with van der Waals surface area (Å²) in [6, 6.07) is -1.36. The molecule has 7 heteroatoms. The number of amides is 1. The van der Waals surface area contributed by atoms with Crippen LogP contribution >= 0.6 is 0 Å². The minimum absolute atomic E-state index is 0.0977. The Hall–Kier alpha value is -1.11. The number of nitrogens with one attached hydrogen (secondary N) is 1. The number of sulfone groups is 1. The first kappa shape index (κ1) is 16.9. The van der Waals surface area contributed by atoms with E-state index in [0.29, 0.717) is 6.42 Å². The highest BCUT2D eigenvalue weighted by molar-refractivity contribution is 7.92. The number of hydrogen-bond donors (Lipinski definition) is 2. The Labute approximate surface area is 119 Å². The first-order valence-electron chi connectivity index (χ1n) is 6.99. The number of carbonyl (C=O) groups is 2. The molecule has 0 heterocycles. The van der Waals surface area contributed by atoms with Gasteiger partial charge in [0, 0.05) is 6.92 Å². The van der Waals surface area contributed by atoms with Crippen LogP contribution in [0, 0.1) is 5.92 Å². The Kier molecular flexibility index (Phi) is 5.98. The maximum absolute atomic E-state index is 12.4. The van der Waals surface area contributed by atoms with E-state index in [-0.39, 0.29) is 5.92 Å². The number of carbonyl (C=O) groups excluding carboxylic acids is 1. The molecule has 0 aromatic heterocycles. The van der Waals surface area contributed by atoms with E-state index in [1.165, 1.54) is 6.92 Å². The van der Waals surface area contributed by atoms with Gasteiger partial charge in [-0.2, -0.15) is 0 Å². The Morgan fingerprint density at radius 1 is 1.30 bits per heavy atom. The molecule has 2 N–H and O–H groups in total. The third-order valence-corrected chi connectivity index (χ3v) is 6.24. The Morgan fingerprint density at radius 3 is 2.40 bits per heavy atom. The normalized spacial score (nSPS) is 24.9. The molecule has 0 spiro atoms. The van der Waals surface area contributed by atoms with E-state index in [4.69, 9.17) is 5.11 Å².